The van der Waals surface area contributed by atoms with Crippen molar-refractivity contribution >= 4 is 30.9 Å². The van der Waals surface area contributed by atoms with Gasteiger partial charge in [0, 0.05) is 35.0 Å². The Bertz CT molecular complexity index is 729. The fourth-order valence-electron chi connectivity index (χ4n) is 1.53. The number of hydrogen-bond acceptors (Lipinski definition) is 5. The maximum atomic E-state index is 11.3. The zero-order chi connectivity index (χ0) is 12.6. The van der Waals surface area contributed by atoms with Crippen molar-refractivity contribution in [3.8, 4) is 5.75 Å². The summed E-state index contributed by atoms with van der Waals surface area (Å²) in [5.74, 6) is 0.328. The molecule has 1 unspecified atom stereocenters. The quantitative estimate of drug-likeness (QED) is 0.778. The minimum atomic E-state index is -2.75. The number of aryl methyl sites for hydroxylation is 1. The summed E-state index contributed by atoms with van der Waals surface area (Å²) < 4.78 is 21.4. The number of hydrogen-bond donors (Lipinski definition) is 0. The van der Waals surface area contributed by atoms with Crippen LogP contribution in [-0.4, -0.2) is 10.5 Å². The second-order valence-electron chi connectivity index (χ2n) is 3.69. The summed E-state index contributed by atoms with van der Waals surface area (Å²) in [6, 6.07) is 6.31. The van der Waals surface area contributed by atoms with Crippen molar-refractivity contribution < 1.29 is 12.8 Å². The van der Waals surface area contributed by atoms with Crippen LogP contribution in [0.25, 0.3) is 11.0 Å². The van der Waals surface area contributed by atoms with Gasteiger partial charge < -0.3 is 8.60 Å². The Morgan fingerprint density at radius 2 is 2.06 bits per heavy atom. The first-order valence-electron chi connectivity index (χ1n) is 4.79. The molecule has 0 bridgehead atoms. The lowest BCUT2D eigenvalue weighted by Gasteiger charge is -2.06. The van der Waals surface area contributed by atoms with E-state index < -0.39 is 14.4 Å². The van der Waals surface area contributed by atoms with Crippen LogP contribution < -0.4 is 9.81 Å². The lowest BCUT2D eigenvalue weighted by atomic mass is 10.1. The van der Waals surface area contributed by atoms with E-state index in [0.29, 0.717) is 11.3 Å². The van der Waals surface area contributed by atoms with Gasteiger partial charge in [-0.05, 0) is 24.6 Å². The van der Waals surface area contributed by atoms with Crippen LogP contribution in [0.15, 0.2) is 33.5 Å². The standard InChI is InChI=1S/C11H10O4S2/c1-7-5-11(12)14-10-6-8(3-4-9(7)10)15-17(2,13)16/h3-6H,1-2H3. The number of rotatable bonds is 2. The van der Waals surface area contributed by atoms with E-state index in [9.17, 15) is 9.00 Å². The van der Waals surface area contributed by atoms with Crippen molar-refractivity contribution in [3.63, 3.8) is 0 Å². The van der Waals surface area contributed by atoms with Gasteiger partial charge in [-0.25, -0.2) is 9.00 Å². The highest BCUT2D eigenvalue weighted by Crippen LogP contribution is 2.22. The van der Waals surface area contributed by atoms with Crippen molar-refractivity contribution in [3.05, 3.63) is 40.2 Å². The molecule has 0 N–H and O–H groups in total. The second-order valence-corrected chi connectivity index (χ2v) is 7.09. The van der Waals surface area contributed by atoms with Crippen LogP contribution in [-0.2, 0) is 20.0 Å². The molecule has 0 aliphatic carbocycles. The van der Waals surface area contributed by atoms with Crippen molar-refractivity contribution in [2.75, 3.05) is 6.26 Å². The molecule has 1 aromatic carbocycles. The molecule has 1 aromatic heterocycles. The maximum Gasteiger partial charge on any atom is 0.336 e. The highest BCUT2D eigenvalue weighted by molar-refractivity contribution is 8.30. The van der Waals surface area contributed by atoms with Crippen LogP contribution in [0, 0.1) is 6.92 Å². The van der Waals surface area contributed by atoms with Gasteiger partial charge in [0.2, 0.25) is 0 Å². The molecule has 0 aliphatic heterocycles. The van der Waals surface area contributed by atoms with Crippen molar-refractivity contribution in [1.29, 1.82) is 0 Å². The summed E-state index contributed by atoms with van der Waals surface area (Å²) in [5, 5.41) is 0.809. The van der Waals surface area contributed by atoms with E-state index in [4.69, 9.17) is 8.60 Å². The first-order chi connectivity index (χ1) is 7.85. The molecule has 1 heterocycles. The van der Waals surface area contributed by atoms with E-state index in [1.807, 2.05) is 6.92 Å². The van der Waals surface area contributed by atoms with Crippen molar-refractivity contribution in [1.82, 2.24) is 0 Å². The summed E-state index contributed by atoms with van der Waals surface area (Å²) in [7, 11) is -2.75. The Morgan fingerprint density at radius 3 is 2.71 bits per heavy atom. The van der Waals surface area contributed by atoms with Gasteiger partial charge in [0.15, 0.2) is 8.77 Å². The molecule has 2 rings (SSSR count). The topological polar surface area (TPSA) is 56.5 Å². The van der Waals surface area contributed by atoms with Gasteiger partial charge in [0.1, 0.15) is 11.3 Å². The molecule has 0 saturated carbocycles. The third-order valence-electron chi connectivity index (χ3n) is 2.17. The molecule has 0 spiro atoms. The second kappa shape index (κ2) is 4.12. The maximum absolute atomic E-state index is 11.3. The van der Waals surface area contributed by atoms with Gasteiger partial charge in [-0.2, -0.15) is 0 Å². The Balaban J connectivity index is 2.62. The molecule has 0 fully saturated rings. The number of fused-ring (bicyclic) bond motifs is 1. The molecule has 0 saturated heterocycles. The smallest absolute Gasteiger partial charge is 0.336 e. The van der Waals surface area contributed by atoms with E-state index in [1.54, 1.807) is 12.1 Å². The normalized spacial score (nSPS) is 14.5. The number of benzene rings is 1. The summed E-state index contributed by atoms with van der Waals surface area (Å²) >= 11 is 4.65. The van der Waals surface area contributed by atoms with E-state index in [-0.39, 0.29) is 0 Å². The first-order valence-corrected chi connectivity index (χ1v) is 7.61. The highest BCUT2D eigenvalue weighted by Gasteiger charge is 2.06. The van der Waals surface area contributed by atoms with Crippen LogP contribution in [0.1, 0.15) is 5.56 Å². The van der Waals surface area contributed by atoms with Crippen LogP contribution in [0.4, 0.5) is 0 Å². The Labute approximate surface area is 103 Å². The average Bonchev–Trinajstić information content (AvgIpc) is 2.13. The fraction of sp³-hybridized carbons (Fsp3) is 0.182. The predicted octanol–water partition coefficient (Wildman–Crippen LogP) is 1.77. The molecule has 0 amide bonds. The minimum Gasteiger partial charge on any atom is -0.423 e. The van der Waals surface area contributed by atoms with E-state index in [0.717, 1.165) is 10.9 Å². The predicted molar refractivity (Wildman–Crippen MR) is 69.3 cm³/mol. The van der Waals surface area contributed by atoms with Gasteiger partial charge in [0.05, 0.1) is 0 Å². The zero-order valence-electron chi connectivity index (χ0n) is 9.26. The SMILES string of the molecule is Cc1cc(=O)oc2cc(OS(C)(=O)=S)ccc12. The fourth-order valence-corrected chi connectivity index (χ4v) is 2.22. The molecule has 90 valence electrons. The summed E-state index contributed by atoms with van der Waals surface area (Å²) in [4.78, 5) is 11.2. The van der Waals surface area contributed by atoms with Crippen molar-refractivity contribution in [2.24, 2.45) is 0 Å². The van der Waals surface area contributed by atoms with E-state index in [2.05, 4.69) is 11.2 Å². The lowest BCUT2D eigenvalue weighted by Crippen LogP contribution is -2.04. The molecular weight excluding hydrogens is 260 g/mol. The van der Waals surface area contributed by atoms with E-state index >= 15 is 0 Å². The molecule has 0 radical (unpaired) electrons. The molecule has 2 aromatic rings. The van der Waals surface area contributed by atoms with E-state index in [1.165, 1.54) is 18.4 Å². The monoisotopic (exact) mass is 270 g/mol. The molecular formula is C11H10O4S2. The zero-order valence-corrected chi connectivity index (χ0v) is 10.9. The summed E-state index contributed by atoms with van der Waals surface area (Å²) in [6.07, 6.45) is 1.32. The minimum absolute atomic E-state index is 0.328. The third-order valence-corrected chi connectivity index (χ3v) is 2.87. The van der Waals surface area contributed by atoms with Crippen LogP contribution in [0.3, 0.4) is 0 Å². The molecule has 0 aliphatic rings. The Kier molecular flexibility index (Phi) is 2.92. The van der Waals surface area contributed by atoms with Crippen LogP contribution in [0.5, 0.6) is 5.75 Å². The average molecular weight is 270 g/mol. The summed E-state index contributed by atoms with van der Waals surface area (Å²) in [5.41, 5.74) is 0.785. The van der Waals surface area contributed by atoms with Crippen LogP contribution in [0.2, 0.25) is 0 Å². The van der Waals surface area contributed by atoms with Crippen molar-refractivity contribution in [2.45, 2.75) is 6.92 Å². The largest absolute Gasteiger partial charge is 0.423 e. The third kappa shape index (κ3) is 2.83. The Hall–Kier alpha value is -1.40. The molecule has 6 heteroatoms. The van der Waals surface area contributed by atoms with Gasteiger partial charge in [0.25, 0.3) is 0 Å². The summed E-state index contributed by atoms with van der Waals surface area (Å²) in [6.45, 7) is 1.82. The molecule has 4 nitrogen and oxygen atoms in total. The first kappa shape index (κ1) is 12.1. The van der Waals surface area contributed by atoms with Gasteiger partial charge in [-0.3, -0.25) is 0 Å². The van der Waals surface area contributed by atoms with Gasteiger partial charge in [-0.1, -0.05) is 0 Å². The molecule has 1 atom stereocenters. The highest BCUT2D eigenvalue weighted by atomic mass is 32.8. The molecule has 17 heavy (non-hydrogen) atoms. The lowest BCUT2D eigenvalue weighted by molar-refractivity contribution is 0.548. The van der Waals surface area contributed by atoms with Gasteiger partial charge >= 0.3 is 5.63 Å². The van der Waals surface area contributed by atoms with Gasteiger partial charge in [-0.15, -0.1) is 0 Å². The van der Waals surface area contributed by atoms with Crippen LogP contribution >= 0.6 is 0 Å². The Morgan fingerprint density at radius 1 is 1.35 bits per heavy atom.